The van der Waals surface area contributed by atoms with Crippen LogP contribution in [0, 0.1) is 12.7 Å². The molecule has 1 aromatic carbocycles. The van der Waals surface area contributed by atoms with Crippen molar-refractivity contribution in [2.45, 2.75) is 26.3 Å². The summed E-state index contributed by atoms with van der Waals surface area (Å²) in [5, 5.41) is 5.69. The fraction of sp³-hybridized carbons (Fsp3) is 0.286. The number of hydrogen-bond donors (Lipinski definition) is 1. The molecule has 0 spiro atoms. The van der Waals surface area contributed by atoms with E-state index in [0.29, 0.717) is 18.5 Å². The van der Waals surface area contributed by atoms with Gasteiger partial charge in [0.25, 0.3) is 0 Å². The minimum atomic E-state index is -0.259. The third-order valence-corrected chi connectivity index (χ3v) is 3.53. The van der Waals surface area contributed by atoms with Gasteiger partial charge in [-0.25, -0.2) is 9.37 Å². The van der Waals surface area contributed by atoms with Gasteiger partial charge in [-0.3, -0.25) is 4.79 Å². The summed E-state index contributed by atoms with van der Waals surface area (Å²) in [4.78, 5) is 15.9. The molecule has 100 valence electrons. The molecule has 1 amide bonds. The average molecular weight is 278 g/mol. The Morgan fingerprint density at radius 3 is 2.89 bits per heavy atom. The molecular weight excluding hydrogens is 263 g/mol. The monoisotopic (exact) mass is 278 g/mol. The predicted octanol–water partition coefficient (Wildman–Crippen LogP) is 2.84. The molecule has 5 heteroatoms. The van der Waals surface area contributed by atoms with E-state index in [-0.39, 0.29) is 18.1 Å². The molecule has 0 bridgehead atoms. The van der Waals surface area contributed by atoms with Crippen LogP contribution in [-0.2, 0) is 17.8 Å². The van der Waals surface area contributed by atoms with E-state index in [1.165, 1.54) is 6.07 Å². The van der Waals surface area contributed by atoms with Crippen LogP contribution in [-0.4, -0.2) is 10.9 Å². The van der Waals surface area contributed by atoms with Crippen molar-refractivity contribution in [1.82, 2.24) is 10.3 Å². The van der Waals surface area contributed by atoms with Crippen molar-refractivity contribution in [2.75, 3.05) is 0 Å². The summed E-state index contributed by atoms with van der Waals surface area (Å²) in [5.74, 6) is -0.348. The fourth-order valence-corrected chi connectivity index (χ4v) is 2.33. The zero-order valence-corrected chi connectivity index (χ0v) is 11.5. The van der Waals surface area contributed by atoms with E-state index in [1.807, 2.05) is 12.3 Å². The van der Waals surface area contributed by atoms with Gasteiger partial charge in [0.05, 0.1) is 17.2 Å². The summed E-state index contributed by atoms with van der Waals surface area (Å²) in [7, 11) is 0. The highest BCUT2D eigenvalue weighted by Gasteiger charge is 2.06. The van der Waals surface area contributed by atoms with E-state index in [4.69, 9.17) is 0 Å². The van der Waals surface area contributed by atoms with Gasteiger partial charge in [-0.2, -0.15) is 0 Å². The number of halogens is 1. The quantitative estimate of drug-likeness (QED) is 0.913. The van der Waals surface area contributed by atoms with Crippen molar-refractivity contribution < 1.29 is 9.18 Å². The van der Waals surface area contributed by atoms with Gasteiger partial charge in [-0.15, -0.1) is 11.3 Å². The molecule has 0 aliphatic carbocycles. The van der Waals surface area contributed by atoms with E-state index < -0.39 is 0 Å². The molecule has 1 aromatic heterocycles. The highest BCUT2D eigenvalue weighted by atomic mass is 32.1. The molecule has 2 rings (SSSR count). The van der Waals surface area contributed by atoms with Crippen molar-refractivity contribution >= 4 is 17.2 Å². The second-order valence-electron chi connectivity index (χ2n) is 4.23. The molecular formula is C14H15FN2OS. The van der Waals surface area contributed by atoms with Gasteiger partial charge in [0.15, 0.2) is 0 Å². The van der Waals surface area contributed by atoms with E-state index in [9.17, 15) is 9.18 Å². The van der Waals surface area contributed by atoms with Crippen molar-refractivity contribution in [3.05, 3.63) is 51.7 Å². The van der Waals surface area contributed by atoms with Gasteiger partial charge in [0.2, 0.25) is 5.91 Å². The number of nitrogens with one attached hydrogen (secondary N) is 1. The van der Waals surface area contributed by atoms with Crippen LogP contribution in [0.1, 0.15) is 22.7 Å². The first-order valence-corrected chi connectivity index (χ1v) is 6.94. The van der Waals surface area contributed by atoms with Crippen LogP contribution >= 0.6 is 11.3 Å². The largest absolute Gasteiger partial charge is 0.350 e. The topological polar surface area (TPSA) is 42.0 Å². The van der Waals surface area contributed by atoms with Crippen LogP contribution in [0.2, 0.25) is 0 Å². The Morgan fingerprint density at radius 1 is 1.42 bits per heavy atom. The zero-order chi connectivity index (χ0) is 13.7. The third kappa shape index (κ3) is 4.13. The van der Waals surface area contributed by atoms with Crippen LogP contribution < -0.4 is 5.32 Å². The Bertz CT molecular complexity index is 568. The summed E-state index contributed by atoms with van der Waals surface area (Å²) >= 11 is 1.56. The van der Waals surface area contributed by atoms with Crippen molar-refractivity contribution in [3.8, 4) is 0 Å². The Hall–Kier alpha value is -1.75. The van der Waals surface area contributed by atoms with Gasteiger partial charge in [0.1, 0.15) is 5.82 Å². The smallest absolute Gasteiger partial charge is 0.220 e. The Balaban J connectivity index is 1.77. The SMILES string of the molecule is Cc1nc(CNC(=O)CCc2ccccc2F)cs1. The standard InChI is InChI=1S/C14H15FN2OS/c1-10-17-12(9-19-10)8-16-14(18)7-6-11-4-2-3-5-13(11)15/h2-5,9H,6-8H2,1H3,(H,16,18). The van der Waals surface area contributed by atoms with E-state index >= 15 is 0 Å². The molecule has 0 radical (unpaired) electrons. The molecule has 0 fully saturated rings. The van der Waals surface area contributed by atoms with Gasteiger partial charge in [-0.05, 0) is 25.0 Å². The molecule has 0 atom stereocenters. The summed E-state index contributed by atoms with van der Waals surface area (Å²) in [6, 6.07) is 6.52. The lowest BCUT2D eigenvalue weighted by Crippen LogP contribution is -2.23. The van der Waals surface area contributed by atoms with Gasteiger partial charge in [0, 0.05) is 11.8 Å². The first-order valence-electron chi connectivity index (χ1n) is 6.06. The lowest BCUT2D eigenvalue weighted by molar-refractivity contribution is -0.121. The number of rotatable bonds is 5. The van der Waals surface area contributed by atoms with Crippen molar-refractivity contribution in [2.24, 2.45) is 0 Å². The number of thiazole rings is 1. The Labute approximate surface area is 115 Å². The minimum Gasteiger partial charge on any atom is -0.350 e. The maximum Gasteiger partial charge on any atom is 0.220 e. The molecule has 0 aliphatic rings. The van der Waals surface area contributed by atoms with Crippen LogP contribution in [0.15, 0.2) is 29.6 Å². The summed E-state index contributed by atoms with van der Waals surface area (Å²) < 4.78 is 13.4. The summed E-state index contributed by atoms with van der Waals surface area (Å²) in [6.45, 7) is 2.36. The first kappa shape index (κ1) is 13.7. The number of amides is 1. The minimum absolute atomic E-state index is 0.0890. The van der Waals surface area contributed by atoms with E-state index in [1.54, 1.807) is 29.5 Å². The van der Waals surface area contributed by atoms with Crippen molar-refractivity contribution in [3.63, 3.8) is 0 Å². The molecule has 0 saturated heterocycles. The molecule has 2 aromatic rings. The van der Waals surface area contributed by atoms with Crippen LogP contribution in [0.3, 0.4) is 0 Å². The first-order chi connectivity index (χ1) is 9.15. The number of nitrogens with zero attached hydrogens (tertiary/aromatic N) is 1. The third-order valence-electron chi connectivity index (χ3n) is 2.71. The fourth-order valence-electron chi connectivity index (χ4n) is 1.72. The normalized spacial score (nSPS) is 10.4. The molecule has 0 unspecified atom stereocenters. The average Bonchev–Trinajstić information content (AvgIpc) is 2.81. The Morgan fingerprint density at radius 2 is 2.21 bits per heavy atom. The highest BCUT2D eigenvalue weighted by molar-refractivity contribution is 7.09. The van der Waals surface area contributed by atoms with Gasteiger partial charge >= 0.3 is 0 Å². The maximum atomic E-state index is 13.4. The van der Waals surface area contributed by atoms with Crippen molar-refractivity contribution in [1.29, 1.82) is 0 Å². The molecule has 1 N–H and O–H groups in total. The number of carbonyl (C=O) groups excluding carboxylic acids is 1. The summed E-state index contributed by atoms with van der Waals surface area (Å²) in [6.07, 6.45) is 0.693. The number of aromatic nitrogens is 1. The molecule has 0 saturated carbocycles. The molecule has 0 aliphatic heterocycles. The molecule has 3 nitrogen and oxygen atoms in total. The number of hydrogen-bond acceptors (Lipinski definition) is 3. The summed E-state index contributed by atoms with van der Waals surface area (Å²) in [5.41, 5.74) is 1.43. The maximum absolute atomic E-state index is 13.4. The van der Waals surface area contributed by atoms with Crippen LogP contribution in [0.25, 0.3) is 0 Å². The van der Waals surface area contributed by atoms with Crippen LogP contribution in [0.4, 0.5) is 4.39 Å². The number of aryl methyl sites for hydroxylation is 2. The molecule has 1 heterocycles. The highest BCUT2D eigenvalue weighted by Crippen LogP contribution is 2.09. The van der Waals surface area contributed by atoms with Crippen LogP contribution in [0.5, 0.6) is 0 Å². The van der Waals surface area contributed by atoms with E-state index in [2.05, 4.69) is 10.3 Å². The lowest BCUT2D eigenvalue weighted by atomic mass is 10.1. The van der Waals surface area contributed by atoms with Gasteiger partial charge in [-0.1, -0.05) is 18.2 Å². The number of benzene rings is 1. The Kier molecular flexibility index (Phi) is 4.63. The lowest BCUT2D eigenvalue weighted by Gasteiger charge is -2.04. The molecule has 19 heavy (non-hydrogen) atoms. The number of carbonyl (C=O) groups is 1. The van der Waals surface area contributed by atoms with E-state index in [0.717, 1.165) is 10.7 Å². The predicted molar refractivity (Wildman–Crippen MR) is 73.4 cm³/mol. The zero-order valence-electron chi connectivity index (χ0n) is 10.6. The second-order valence-corrected chi connectivity index (χ2v) is 5.29. The van der Waals surface area contributed by atoms with Gasteiger partial charge < -0.3 is 5.32 Å². The second kappa shape index (κ2) is 6.43.